The van der Waals surface area contributed by atoms with Crippen molar-refractivity contribution in [2.75, 3.05) is 0 Å². The number of aromatic nitrogens is 2. The molecule has 25 heavy (non-hydrogen) atoms. The van der Waals surface area contributed by atoms with Crippen LogP contribution >= 0.6 is 22.7 Å². The van der Waals surface area contributed by atoms with E-state index < -0.39 is 0 Å². The zero-order valence-corrected chi connectivity index (χ0v) is 15.9. The predicted molar refractivity (Wildman–Crippen MR) is 110 cm³/mol. The Bertz CT molecular complexity index is 1280. The highest BCUT2D eigenvalue weighted by atomic mass is 32.1. The molecule has 2 aromatic carbocycles. The van der Waals surface area contributed by atoms with Gasteiger partial charge in [0.05, 0.1) is 15.9 Å². The Morgan fingerprint density at radius 2 is 1.68 bits per heavy atom. The summed E-state index contributed by atoms with van der Waals surface area (Å²) in [6.45, 7) is 6.49. The van der Waals surface area contributed by atoms with Gasteiger partial charge in [-0.25, -0.2) is 9.97 Å². The highest BCUT2D eigenvalue weighted by Gasteiger charge is 2.17. The van der Waals surface area contributed by atoms with E-state index in [2.05, 4.69) is 62.2 Å². The number of thiophene rings is 2. The first-order valence-corrected chi connectivity index (χ1v) is 9.90. The van der Waals surface area contributed by atoms with Gasteiger partial charge in [-0.1, -0.05) is 24.3 Å². The first-order valence-electron chi connectivity index (χ1n) is 8.26. The lowest BCUT2D eigenvalue weighted by atomic mass is 10.0. The fourth-order valence-corrected chi connectivity index (χ4v) is 5.67. The second-order valence-corrected chi connectivity index (χ2v) is 8.91. The third-order valence-corrected chi connectivity index (χ3v) is 7.14. The van der Waals surface area contributed by atoms with Gasteiger partial charge in [-0.15, -0.1) is 22.7 Å². The van der Waals surface area contributed by atoms with Crippen molar-refractivity contribution in [2.24, 2.45) is 0 Å². The maximum absolute atomic E-state index is 4.70. The number of fused-ring (bicyclic) bond motifs is 4. The van der Waals surface area contributed by atoms with Crippen molar-refractivity contribution in [1.29, 1.82) is 0 Å². The van der Waals surface area contributed by atoms with Crippen LogP contribution in [0.25, 0.3) is 42.3 Å². The lowest BCUT2D eigenvalue weighted by molar-refractivity contribution is 1.22. The third-order valence-electron chi connectivity index (χ3n) is 4.85. The second-order valence-electron chi connectivity index (χ2n) is 6.43. The van der Waals surface area contributed by atoms with E-state index in [-0.39, 0.29) is 0 Å². The molecule has 122 valence electrons. The van der Waals surface area contributed by atoms with Crippen molar-refractivity contribution in [3.05, 3.63) is 58.0 Å². The van der Waals surface area contributed by atoms with Gasteiger partial charge in [0.1, 0.15) is 6.33 Å². The minimum Gasteiger partial charge on any atom is -0.235 e. The summed E-state index contributed by atoms with van der Waals surface area (Å²) in [5, 5.41) is 3.90. The number of aryl methyl sites for hydroxylation is 3. The summed E-state index contributed by atoms with van der Waals surface area (Å²) >= 11 is 3.65. The minimum absolute atomic E-state index is 1.06. The second kappa shape index (κ2) is 5.35. The van der Waals surface area contributed by atoms with Crippen molar-refractivity contribution in [2.45, 2.75) is 20.8 Å². The monoisotopic (exact) mass is 360 g/mol. The molecule has 0 spiro atoms. The zero-order chi connectivity index (χ0) is 17.1. The molecule has 0 bridgehead atoms. The average Bonchev–Trinajstić information content (AvgIpc) is 3.15. The van der Waals surface area contributed by atoms with Gasteiger partial charge in [-0.2, -0.15) is 0 Å². The summed E-state index contributed by atoms with van der Waals surface area (Å²) in [5.41, 5.74) is 4.63. The third kappa shape index (κ3) is 2.14. The van der Waals surface area contributed by atoms with Crippen LogP contribution in [0.15, 0.2) is 42.7 Å². The molecule has 5 aromatic rings. The molecule has 0 unspecified atom stereocenters. The predicted octanol–water partition coefficient (Wildman–Crippen LogP) is 6.65. The van der Waals surface area contributed by atoms with E-state index in [9.17, 15) is 0 Å². The summed E-state index contributed by atoms with van der Waals surface area (Å²) in [6, 6.07) is 13.2. The number of benzene rings is 2. The van der Waals surface area contributed by atoms with E-state index in [0.29, 0.717) is 0 Å². The first-order chi connectivity index (χ1) is 12.1. The van der Waals surface area contributed by atoms with Crippen LogP contribution in [0.4, 0.5) is 0 Å². The van der Waals surface area contributed by atoms with Crippen molar-refractivity contribution in [3.63, 3.8) is 0 Å². The van der Waals surface area contributed by atoms with Gasteiger partial charge in [0.15, 0.2) is 0 Å². The average molecular weight is 361 g/mol. The van der Waals surface area contributed by atoms with Crippen molar-refractivity contribution < 1.29 is 0 Å². The molecule has 4 heteroatoms. The first kappa shape index (κ1) is 15.0. The van der Waals surface area contributed by atoms with E-state index in [4.69, 9.17) is 4.98 Å². The Morgan fingerprint density at radius 1 is 0.840 bits per heavy atom. The summed E-state index contributed by atoms with van der Waals surface area (Å²) in [4.78, 5) is 11.9. The molecule has 0 aliphatic rings. The molecule has 0 fully saturated rings. The van der Waals surface area contributed by atoms with Gasteiger partial charge in [-0.05, 0) is 49.2 Å². The van der Waals surface area contributed by atoms with E-state index >= 15 is 0 Å². The molecule has 0 radical (unpaired) electrons. The zero-order valence-electron chi connectivity index (χ0n) is 14.3. The van der Waals surface area contributed by atoms with Gasteiger partial charge >= 0.3 is 0 Å². The van der Waals surface area contributed by atoms with E-state index in [1.807, 2.05) is 11.3 Å². The largest absolute Gasteiger partial charge is 0.235 e. The van der Waals surface area contributed by atoms with Crippen LogP contribution in [-0.4, -0.2) is 9.97 Å². The van der Waals surface area contributed by atoms with Crippen LogP contribution in [0.5, 0.6) is 0 Å². The molecule has 0 aliphatic heterocycles. The highest BCUT2D eigenvalue weighted by Crippen LogP contribution is 2.42. The molecule has 5 rings (SSSR count). The van der Waals surface area contributed by atoms with Gasteiger partial charge in [0, 0.05) is 25.4 Å². The normalized spacial score (nSPS) is 11.8. The minimum atomic E-state index is 1.06. The summed E-state index contributed by atoms with van der Waals surface area (Å²) in [5.74, 6) is 0. The van der Waals surface area contributed by atoms with Crippen molar-refractivity contribution >= 4 is 53.7 Å². The molecule has 2 nitrogen and oxygen atoms in total. The highest BCUT2D eigenvalue weighted by molar-refractivity contribution is 7.20. The van der Waals surface area contributed by atoms with E-state index in [1.165, 1.54) is 46.4 Å². The summed E-state index contributed by atoms with van der Waals surface area (Å²) in [7, 11) is 0. The topological polar surface area (TPSA) is 25.8 Å². The molecule has 0 atom stereocenters. The van der Waals surface area contributed by atoms with Crippen LogP contribution in [0.3, 0.4) is 0 Å². The Balaban J connectivity index is 1.97. The molecular formula is C21H16N2S2. The molecule has 3 aromatic heterocycles. The Kier molecular flexibility index (Phi) is 3.21. The Labute approximate surface area is 153 Å². The molecule has 3 heterocycles. The lowest BCUT2D eigenvalue weighted by Gasteiger charge is -2.07. The number of hydrogen-bond donors (Lipinski definition) is 0. The number of nitrogens with zero attached hydrogens (tertiary/aromatic N) is 2. The van der Waals surface area contributed by atoms with Gasteiger partial charge in [0.2, 0.25) is 0 Å². The quantitative estimate of drug-likeness (QED) is 0.334. The Hall–Kier alpha value is -2.30. The van der Waals surface area contributed by atoms with E-state index in [0.717, 1.165) is 11.2 Å². The van der Waals surface area contributed by atoms with Gasteiger partial charge in [-0.3, -0.25) is 0 Å². The molecule has 0 amide bonds. The number of rotatable bonds is 1. The van der Waals surface area contributed by atoms with Crippen LogP contribution in [0.1, 0.15) is 15.3 Å². The van der Waals surface area contributed by atoms with Crippen LogP contribution in [0, 0.1) is 20.8 Å². The molecule has 0 N–H and O–H groups in total. The molecular weight excluding hydrogens is 344 g/mol. The smallest absolute Gasteiger partial charge is 0.116 e. The Morgan fingerprint density at radius 3 is 2.56 bits per heavy atom. The lowest BCUT2D eigenvalue weighted by Crippen LogP contribution is -1.88. The SMILES string of the molecule is Cc1cc2c(s1)c(-c1ncnc3c(C)c(C)sc13)cc1ccccc12. The van der Waals surface area contributed by atoms with Crippen LogP contribution in [-0.2, 0) is 0 Å². The van der Waals surface area contributed by atoms with Crippen molar-refractivity contribution in [1.82, 2.24) is 9.97 Å². The van der Waals surface area contributed by atoms with Gasteiger partial charge in [0.25, 0.3) is 0 Å². The number of hydrogen-bond acceptors (Lipinski definition) is 4. The molecule has 0 aliphatic carbocycles. The summed E-state index contributed by atoms with van der Waals surface area (Å²) in [6.07, 6.45) is 1.71. The van der Waals surface area contributed by atoms with Gasteiger partial charge < -0.3 is 0 Å². The van der Waals surface area contributed by atoms with Crippen LogP contribution in [0.2, 0.25) is 0 Å². The molecule has 0 saturated carbocycles. The maximum Gasteiger partial charge on any atom is 0.116 e. The van der Waals surface area contributed by atoms with Crippen LogP contribution < -0.4 is 0 Å². The maximum atomic E-state index is 4.70. The standard InChI is InChI=1S/C21H16N2S2/c1-11-8-16-15-7-5-4-6-14(15)9-17(20(16)24-11)19-21-18(22-10-23-19)12(2)13(3)25-21/h4-10H,1-3H3. The van der Waals surface area contributed by atoms with Crippen molar-refractivity contribution in [3.8, 4) is 11.3 Å². The fourth-order valence-electron chi connectivity index (χ4n) is 3.51. The molecule has 0 saturated heterocycles. The fraction of sp³-hybridized carbons (Fsp3) is 0.143. The van der Waals surface area contributed by atoms with E-state index in [1.54, 1.807) is 17.7 Å². The summed E-state index contributed by atoms with van der Waals surface area (Å²) < 4.78 is 2.51.